The zero-order chi connectivity index (χ0) is 12.3. The number of hydrogen-bond donors (Lipinski definition) is 1. The first kappa shape index (κ1) is 12.4. The fourth-order valence-electron chi connectivity index (χ4n) is 1.33. The molecule has 0 unspecified atom stereocenters. The summed E-state index contributed by atoms with van der Waals surface area (Å²) in [6.45, 7) is 0.936. The van der Waals surface area contributed by atoms with Gasteiger partial charge in [-0.15, -0.1) is 11.3 Å². The quantitative estimate of drug-likeness (QED) is 0.922. The molecule has 2 rings (SSSR count). The Morgan fingerprint density at radius 2 is 2.00 bits per heavy atom. The zero-order valence-corrected chi connectivity index (χ0v) is 10.5. The van der Waals surface area contributed by atoms with Crippen molar-refractivity contribution in [3.8, 4) is 5.75 Å². The summed E-state index contributed by atoms with van der Waals surface area (Å²) in [5, 5.41) is 0.0962. The molecule has 0 spiro atoms. The smallest absolute Gasteiger partial charge is 0.145 e. The van der Waals surface area contributed by atoms with Crippen LogP contribution in [0.2, 0.25) is 5.02 Å². The lowest BCUT2D eigenvalue weighted by atomic mass is 10.3. The Morgan fingerprint density at radius 3 is 2.65 bits per heavy atom. The molecule has 5 heteroatoms. The molecule has 0 radical (unpaired) electrons. The van der Waals surface area contributed by atoms with E-state index in [0.717, 1.165) is 9.75 Å². The molecule has 0 bridgehead atoms. The van der Waals surface area contributed by atoms with Gasteiger partial charge in [-0.3, -0.25) is 0 Å². The van der Waals surface area contributed by atoms with E-state index in [1.165, 1.54) is 12.1 Å². The standard InChI is InChI=1S/C12H11ClFNOS/c13-11-4-1-8(5-12(11)14)16-7-10-3-2-9(6-15)17-10/h1-5H,6-7,15H2. The third-order valence-corrected chi connectivity index (χ3v) is 3.58. The molecule has 2 aromatic rings. The van der Waals surface area contributed by atoms with Gasteiger partial charge in [-0.05, 0) is 24.3 Å². The molecule has 2 N–H and O–H groups in total. The lowest BCUT2D eigenvalue weighted by Gasteiger charge is -2.04. The maximum Gasteiger partial charge on any atom is 0.145 e. The van der Waals surface area contributed by atoms with Gasteiger partial charge in [0.2, 0.25) is 0 Å². The van der Waals surface area contributed by atoms with Crippen molar-refractivity contribution in [3.63, 3.8) is 0 Å². The Balaban J connectivity index is 1.99. The number of nitrogens with two attached hydrogens (primary N) is 1. The Bertz CT molecular complexity index is 515. The molecule has 90 valence electrons. The van der Waals surface area contributed by atoms with E-state index < -0.39 is 5.82 Å². The van der Waals surface area contributed by atoms with Crippen molar-refractivity contribution in [2.24, 2.45) is 5.73 Å². The molecule has 2 nitrogen and oxygen atoms in total. The highest BCUT2D eigenvalue weighted by Crippen LogP contribution is 2.22. The van der Waals surface area contributed by atoms with E-state index in [1.807, 2.05) is 12.1 Å². The minimum atomic E-state index is -0.474. The monoisotopic (exact) mass is 271 g/mol. The Hall–Kier alpha value is -1.10. The molecule has 0 aliphatic carbocycles. The molecular weight excluding hydrogens is 261 g/mol. The Morgan fingerprint density at radius 1 is 1.24 bits per heavy atom. The Labute approximate surface area is 108 Å². The Kier molecular flexibility index (Phi) is 3.99. The zero-order valence-electron chi connectivity index (χ0n) is 8.95. The van der Waals surface area contributed by atoms with Crippen LogP contribution in [0.1, 0.15) is 9.75 Å². The normalized spacial score (nSPS) is 10.5. The summed E-state index contributed by atoms with van der Waals surface area (Å²) in [5.74, 6) is -0.00686. The van der Waals surface area contributed by atoms with Crippen LogP contribution >= 0.6 is 22.9 Å². The van der Waals surface area contributed by atoms with E-state index in [9.17, 15) is 4.39 Å². The van der Waals surface area contributed by atoms with E-state index in [2.05, 4.69) is 0 Å². The minimum Gasteiger partial charge on any atom is -0.488 e. The van der Waals surface area contributed by atoms with Crippen LogP contribution < -0.4 is 10.5 Å². The highest BCUT2D eigenvalue weighted by molar-refractivity contribution is 7.11. The summed E-state index contributed by atoms with van der Waals surface area (Å²) in [6, 6.07) is 8.32. The maximum atomic E-state index is 13.1. The first-order valence-corrected chi connectivity index (χ1v) is 6.24. The summed E-state index contributed by atoms with van der Waals surface area (Å²) in [6.07, 6.45) is 0. The average Bonchev–Trinajstić information content (AvgIpc) is 2.79. The average molecular weight is 272 g/mol. The second-order valence-electron chi connectivity index (χ2n) is 3.44. The molecule has 17 heavy (non-hydrogen) atoms. The fraction of sp³-hybridized carbons (Fsp3) is 0.167. The summed E-state index contributed by atoms with van der Waals surface area (Å²) < 4.78 is 18.6. The second kappa shape index (κ2) is 5.49. The summed E-state index contributed by atoms with van der Waals surface area (Å²) in [4.78, 5) is 2.16. The predicted octanol–water partition coefficient (Wildman–Crippen LogP) is 3.58. The molecule has 0 fully saturated rings. The van der Waals surface area contributed by atoms with Crippen molar-refractivity contribution in [3.05, 3.63) is 50.9 Å². The molecule has 0 aliphatic heterocycles. The van der Waals surface area contributed by atoms with Crippen molar-refractivity contribution in [1.82, 2.24) is 0 Å². The van der Waals surface area contributed by atoms with Gasteiger partial charge in [0, 0.05) is 22.4 Å². The molecular formula is C12H11ClFNOS. The van der Waals surface area contributed by atoms with E-state index in [1.54, 1.807) is 17.4 Å². The summed E-state index contributed by atoms with van der Waals surface area (Å²) in [5.41, 5.74) is 5.51. The van der Waals surface area contributed by atoms with Crippen LogP contribution in [0.5, 0.6) is 5.75 Å². The first-order chi connectivity index (χ1) is 8.19. The predicted molar refractivity (Wildman–Crippen MR) is 68.0 cm³/mol. The van der Waals surface area contributed by atoms with Crippen molar-refractivity contribution in [1.29, 1.82) is 0 Å². The first-order valence-electron chi connectivity index (χ1n) is 5.04. The summed E-state index contributed by atoms with van der Waals surface area (Å²) in [7, 11) is 0. The van der Waals surface area contributed by atoms with Crippen molar-refractivity contribution in [2.75, 3.05) is 0 Å². The SMILES string of the molecule is NCc1ccc(COc2ccc(Cl)c(F)c2)s1. The van der Waals surface area contributed by atoms with Crippen LogP contribution in [0.4, 0.5) is 4.39 Å². The van der Waals surface area contributed by atoms with Crippen molar-refractivity contribution >= 4 is 22.9 Å². The van der Waals surface area contributed by atoms with Crippen LogP contribution in [-0.4, -0.2) is 0 Å². The number of ether oxygens (including phenoxy) is 1. The molecule has 0 saturated carbocycles. The number of benzene rings is 1. The van der Waals surface area contributed by atoms with Crippen LogP contribution in [0.15, 0.2) is 30.3 Å². The van der Waals surface area contributed by atoms with Gasteiger partial charge >= 0.3 is 0 Å². The highest BCUT2D eigenvalue weighted by atomic mass is 35.5. The van der Waals surface area contributed by atoms with Gasteiger partial charge in [0.1, 0.15) is 18.2 Å². The van der Waals surface area contributed by atoms with Gasteiger partial charge in [0.05, 0.1) is 5.02 Å². The molecule has 1 aromatic carbocycles. The van der Waals surface area contributed by atoms with Gasteiger partial charge in [0.15, 0.2) is 0 Å². The second-order valence-corrected chi connectivity index (χ2v) is 5.10. The third-order valence-electron chi connectivity index (χ3n) is 2.19. The molecule has 1 heterocycles. The van der Waals surface area contributed by atoms with E-state index in [4.69, 9.17) is 22.1 Å². The lowest BCUT2D eigenvalue weighted by molar-refractivity contribution is 0.308. The molecule has 0 atom stereocenters. The van der Waals surface area contributed by atoms with Gasteiger partial charge < -0.3 is 10.5 Å². The van der Waals surface area contributed by atoms with Gasteiger partial charge in [-0.2, -0.15) is 0 Å². The largest absolute Gasteiger partial charge is 0.488 e. The number of hydrogen-bond acceptors (Lipinski definition) is 3. The van der Waals surface area contributed by atoms with Gasteiger partial charge in [-0.25, -0.2) is 4.39 Å². The fourth-order valence-corrected chi connectivity index (χ4v) is 2.26. The van der Waals surface area contributed by atoms with Crippen molar-refractivity contribution < 1.29 is 9.13 Å². The molecule has 0 amide bonds. The van der Waals surface area contributed by atoms with E-state index in [-0.39, 0.29) is 5.02 Å². The highest BCUT2D eigenvalue weighted by Gasteiger charge is 2.03. The van der Waals surface area contributed by atoms with Crippen LogP contribution in [0, 0.1) is 5.82 Å². The molecule has 1 aromatic heterocycles. The molecule has 0 aliphatic rings. The maximum absolute atomic E-state index is 13.1. The number of halogens is 2. The van der Waals surface area contributed by atoms with Crippen molar-refractivity contribution in [2.45, 2.75) is 13.2 Å². The van der Waals surface area contributed by atoms with Crippen LogP contribution in [0.25, 0.3) is 0 Å². The number of rotatable bonds is 4. The minimum absolute atomic E-state index is 0.0962. The summed E-state index contributed by atoms with van der Waals surface area (Å²) >= 11 is 7.17. The van der Waals surface area contributed by atoms with Crippen LogP contribution in [0.3, 0.4) is 0 Å². The third kappa shape index (κ3) is 3.19. The lowest BCUT2D eigenvalue weighted by Crippen LogP contribution is -1.93. The number of thiophene rings is 1. The molecule has 0 saturated heterocycles. The van der Waals surface area contributed by atoms with Gasteiger partial charge in [0.25, 0.3) is 0 Å². The topological polar surface area (TPSA) is 35.2 Å². The van der Waals surface area contributed by atoms with Gasteiger partial charge in [-0.1, -0.05) is 11.6 Å². The van der Waals surface area contributed by atoms with E-state index >= 15 is 0 Å². The van der Waals surface area contributed by atoms with Crippen LogP contribution in [-0.2, 0) is 13.2 Å². The van der Waals surface area contributed by atoms with E-state index in [0.29, 0.717) is 18.9 Å².